The summed E-state index contributed by atoms with van der Waals surface area (Å²) >= 11 is 0. The lowest BCUT2D eigenvalue weighted by atomic mass is 10.1. The Labute approximate surface area is 125 Å². The van der Waals surface area contributed by atoms with Gasteiger partial charge in [0.1, 0.15) is 4.90 Å². The van der Waals surface area contributed by atoms with Gasteiger partial charge in [-0.15, -0.1) is 0 Å². The lowest BCUT2D eigenvalue weighted by Crippen LogP contribution is -2.27. The van der Waals surface area contributed by atoms with Crippen molar-refractivity contribution in [1.29, 1.82) is 0 Å². The highest BCUT2D eigenvalue weighted by atomic mass is 32.2. The summed E-state index contributed by atoms with van der Waals surface area (Å²) in [6, 6.07) is 7.61. The highest BCUT2D eigenvalue weighted by Gasteiger charge is 2.26. The van der Waals surface area contributed by atoms with Crippen LogP contribution in [0.25, 0.3) is 0 Å². The van der Waals surface area contributed by atoms with Crippen LogP contribution in [-0.2, 0) is 23.1 Å². The summed E-state index contributed by atoms with van der Waals surface area (Å²) in [6.45, 7) is 4.11. The fourth-order valence-electron chi connectivity index (χ4n) is 2.27. The first-order valence-electron chi connectivity index (χ1n) is 6.62. The average Bonchev–Trinajstić information content (AvgIpc) is 2.78. The number of H-pyrrole nitrogens is 1. The quantitative estimate of drug-likeness (QED) is 0.871. The largest absolute Gasteiger partial charge is 0.326 e. The molecule has 6 nitrogen and oxygen atoms in total. The van der Waals surface area contributed by atoms with E-state index in [-0.39, 0.29) is 4.90 Å². The van der Waals surface area contributed by atoms with Gasteiger partial charge in [0.2, 0.25) is 10.0 Å². The van der Waals surface area contributed by atoms with Gasteiger partial charge in [0.15, 0.2) is 0 Å². The van der Waals surface area contributed by atoms with E-state index in [1.807, 2.05) is 24.3 Å². The molecule has 114 valence electrons. The van der Waals surface area contributed by atoms with Crippen LogP contribution < -0.4 is 5.73 Å². The summed E-state index contributed by atoms with van der Waals surface area (Å²) in [6.07, 6.45) is 0. The maximum atomic E-state index is 12.6. The molecule has 2 rings (SSSR count). The van der Waals surface area contributed by atoms with E-state index in [0.717, 1.165) is 11.1 Å². The predicted molar refractivity (Wildman–Crippen MR) is 81.0 cm³/mol. The molecule has 0 amide bonds. The molecule has 3 N–H and O–H groups in total. The maximum absolute atomic E-state index is 12.6. The Morgan fingerprint density at radius 1 is 1.29 bits per heavy atom. The third kappa shape index (κ3) is 3.15. The molecule has 1 aromatic carbocycles. The molecule has 0 aliphatic heterocycles. The van der Waals surface area contributed by atoms with Crippen molar-refractivity contribution >= 4 is 10.0 Å². The second-order valence-corrected chi connectivity index (χ2v) is 7.03. The molecular weight excluding hydrogens is 288 g/mol. The lowest BCUT2D eigenvalue weighted by Gasteiger charge is -2.17. The summed E-state index contributed by atoms with van der Waals surface area (Å²) in [4.78, 5) is 0.250. The monoisotopic (exact) mass is 308 g/mol. The molecule has 0 aliphatic rings. The summed E-state index contributed by atoms with van der Waals surface area (Å²) in [7, 11) is -2.00. The minimum absolute atomic E-state index is 0.250. The van der Waals surface area contributed by atoms with E-state index in [1.165, 1.54) is 4.31 Å². The highest BCUT2D eigenvalue weighted by molar-refractivity contribution is 7.89. The van der Waals surface area contributed by atoms with Crippen LogP contribution in [0.5, 0.6) is 0 Å². The van der Waals surface area contributed by atoms with Crippen LogP contribution in [0.4, 0.5) is 0 Å². The summed E-state index contributed by atoms with van der Waals surface area (Å²) in [5.41, 5.74) is 8.53. The van der Waals surface area contributed by atoms with Gasteiger partial charge in [-0.1, -0.05) is 24.3 Å². The SMILES string of the molecule is Cc1n[nH]c(C)c1S(=O)(=O)N(C)Cc1cccc(CN)c1. The Bertz CT molecular complexity index is 718. The molecule has 0 aliphatic carbocycles. The Kier molecular flexibility index (Phi) is 4.46. The van der Waals surface area contributed by atoms with Gasteiger partial charge in [-0.25, -0.2) is 8.42 Å². The van der Waals surface area contributed by atoms with Gasteiger partial charge in [0, 0.05) is 20.1 Å². The second kappa shape index (κ2) is 5.97. The van der Waals surface area contributed by atoms with E-state index in [2.05, 4.69) is 10.2 Å². The molecule has 0 spiro atoms. The number of sulfonamides is 1. The Balaban J connectivity index is 2.29. The number of aryl methyl sites for hydroxylation is 2. The van der Waals surface area contributed by atoms with Crippen LogP contribution in [-0.4, -0.2) is 30.0 Å². The van der Waals surface area contributed by atoms with Gasteiger partial charge >= 0.3 is 0 Å². The minimum atomic E-state index is -3.57. The van der Waals surface area contributed by atoms with Crippen molar-refractivity contribution < 1.29 is 8.42 Å². The molecule has 0 saturated carbocycles. The smallest absolute Gasteiger partial charge is 0.246 e. The Morgan fingerprint density at radius 3 is 2.52 bits per heavy atom. The zero-order valence-corrected chi connectivity index (χ0v) is 13.2. The van der Waals surface area contributed by atoms with Crippen molar-refractivity contribution in [2.75, 3.05) is 7.05 Å². The molecule has 7 heteroatoms. The molecular formula is C14H20N4O2S. The molecule has 0 fully saturated rings. The summed E-state index contributed by atoms with van der Waals surface area (Å²) < 4.78 is 26.6. The third-order valence-corrected chi connectivity index (χ3v) is 5.43. The number of hydrogen-bond donors (Lipinski definition) is 2. The van der Waals surface area contributed by atoms with Gasteiger partial charge < -0.3 is 5.73 Å². The fourth-order valence-corrected chi connectivity index (χ4v) is 3.76. The Morgan fingerprint density at radius 2 is 1.95 bits per heavy atom. The first-order chi connectivity index (χ1) is 9.86. The average molecular weight is 308 g/mol. The number of aromatic nitrogens is 2. The van der Waals surface area contributed by atoms with Gasteiger partial charge in [0.05, 0.1) is 11.4 Å². The van der Waals surface area contributed by atoms with E-state index in [0.29, 0.717) is 24.5 Å². The lowest BCUT2D eigenvalue weighted by molar-refractivity contribution is 0.465. The van der Waals surface area contributed by atoms with E-state index in [4.69, 9.17) is 5.73 Å². The zero-order chi connectivity index (χ0) is 15.6. The van der Waals surface area contributed by atoms with Crippen LogP contribution in [0, 0.1) is 13.8 Å². The van der Waals surface area contributed by atoms with E-state index < -0.39 is 10.0 Å². The molecule has 1 aromatic heterocycles. The molecule has 0 radical (unpaired) electrons. The van der Waals surface area contributed by atoms with Crippen LogP contribution in [0.2, 0.25) is 0 Å². The molecule has 0 atom stereocenters. The summed E-state index contributed by atoms with van der Waals surface area (Å²) in [5, 5.41) is 6.66. The van der Waals surface area contributed by atoms with Crippen molar-refractivity contribution in [1.82, 2.24) is 14.5 Å². The van der Waals surface area contributed by atoms with Crippen LogP contribution in [0.3, 0.4) is 0 Å². The van der Waals surface area contributed by atoms with Crippen LogP contribution >= 0.6 is 0 Å². The molecule has 21 heavy (non-hydrogen) atoms. The van der Waals surface area contributed by atoms with Crippen molar-refractivity contribution in [3.8, 4) is 0 Å². The third-order valence-electron chi connectivity index (χ3n) is 3.36. The van der Waals surface area contributed by atoms with Crippen molar-refractivity contribution in [3.05, 3.63) is 46.8 Å². The van der Waals surface area contributed by atoms with Gasteiger partial charge in [-0.2, -0.15) is 9.40 Å². The molecule has 0 saturated heterocycles. The molecule has 0 unspecified atom stereocenters. The molecule has 2 aromatic rings. The van der Waals surface area contributed by atoms with E-state index in [1.54, 1.807) is 20.9 Å². The first kappa shape index (κ1) is 15.7. The number of nitrogens with two attached hydrogens (primary N) is 1. The number of nitrogens with one attached hydrogen (secondary N) is 1. The number of hydrogen-bond acceptors (Lipinski definition) is 4. The van der Waals surface area contributed by atoms with E-state index in [9.17, 15) is 8.42 Å². The standard InChI is InChI=1S/C14H20N4O2S/c1-10-14(11(2)17-16-10)21(19,20)18(3)9-13-6-4-5-12(7-13)8-15/h4-7H,8-9,15H2,1-3H3,(H,16,17). The topological polar surface area (TPSA) is 92.1 Å². The number of benzene rings is 1. The second-order valence-electron chi connectivity index (χ2n) is 5.05. The highest BCUT2D eigenvalue weighted by Crippen LogP contribution is 2.22. The van der Waals surface area contributed by atoms with E-state index >= 15 is 0 Å². The van der Waals surface area contributed by atoms with Gasteiger partial charge in [-0.3, -0.25) is 5.10 Å². The van der Waals surface area contributed by atoms with Crippen molar-refractivity contribution in [2.24, 2.45) is 5.73 Å². The zero-order valence-electron chi connectivity index (χ0n) is 12.4. The summed E-state index contributed by atoms with van der Waals surface area (Å²) in [5.74, 6) is 0. The van der Waals surface area contributed by atoms with Crippen molar-refractivity contribution in [2.45, 2.75) is 31.8 Å². The van der Waals surface area contributed by atoms with Crippen LogP contribution in [0.15, 0.2) is 29.2 Å². The predicted octanol–water partition coefficient (Wildman–Crippen LogP) is 1.31. The first-order valence-corrected chi connectivity index (χ1v) is 8.06. The fraction of sp³-hybridized carbons (Fsp3) is 0.357. The number of aromatic amines is 1. The van der Waals surface area contributed by atoms with Crippen molar-refractivity contribution in [3.63, 3.8) is 0 Å². The minimum Gasteiger partial charge on any atom is -0.326 e. The Hall–Kier alpha value is -1.70. The normalized spacial score (nSPS) is 12.0. The van der Waals surface area contributed by atoms with Gasteiger partial charge in [-0.05, 0) is 25.0 Å². The van der Waals surface area contributed by atoms with Gasteiger partial charge in [0.25, 0.3) is 0 Å². The molecule has 1 heterocycles. The molecule has 0 bridgehead atoms. The maximum Gasteiger partial charge on any atom is 0.246 e. The number of rotatable bonds is 5. The number of nitrogens with zero attached hydrogens (tertiary/aromatic N) is 2. The van der Waals surface area contributed by atoms with Crippen LogP contribution in [0.1, 0.15) is 22.5 Å².